The monoisotopic (exact) mass is 221 g/mol. The van der Waals surface area contributed by atoms with Crippen molar-refractivity contribution in [2.75, 3.05) is 13.2 Å². The van der Waals surface area contributed by atoms with Crippen LogP contribution in [0.5, 0.6) is 5.75 Å². The SMILES string of the molecule is Cc1cc(CCN)cc(C)c1OCC(C)C. The molecule has 0 spiro atoms. The van der Waals surface area contributed by atoms with Crippen LogP contribution in [0.4, 0.5) is 0 Å². The Morgan fingerprint density at radius 3 is 2.19 bits per heavy atom. The lowest BCUT2D eigenvalue weighted by Gasteiger charge is -2.15. The molecular weight excluding hydrogens is 198 g/mol. The second-order valence-electron chi connectivity index (χ2n) is 4.80. The van der Waals surface area contributed by atoms with Crippen molar-refractivity contribution in [3.8, 4) is 5.75 Å². The standard InChI is InChI=1S/C14H23NO/c1-10(2)9-16-14-11(3)7-13(5-6-15)8-12(14)4/h7-8,10H,5-6,9,15H2,1-4H3. The van der Waals surface area contributed by atoms with Gasteiger partial charge in [-0.15, -0.1) is 0 Å². The van der Waals surface area contributed by atoms with Crippen molar-refractivity contribution in [1.29, 1.82) is 0 Å². The molecular formula is C14H23NO. The molecule has 0 aromatic heterocycles. The van der Waals surface area contributed by atoms with Gasteiger partial charge in [0.05, 0.1) is 6.61 Å². The molecule has 1 aromatic rings. The van der Waals surface area contributed by atoms with Crippen LogP contribution in [-0.4, -0.2) is 13.2 Å². The molecule has 90 valence electrons. The second-order valence-corrected chi connectivity index (χ2v) is 4.80. The van der Waals surface area contributed by atoms with Crippen LogP contribution in [0.25, 0.3) is 0 Å². The molecule has 1 aromatic carbocycles. The van der Waals surface area contributed by atoms with E-state index in [-0.39, 0.29) is 0 Å². The fourth-order valence-electron chi connectivity index (χ4n) is 1.83. The Hall–Kier alpha value is -1.02. The average Bonchev–Trinajstić information content (AvgIpc) is 2.16. The molecule has 0 unspecified atom stereocenters. The minimum absolute atomic E-state index is 0.558. The van der Waals surface area contributed by atoms with Gasteiger partial charge in [-0.05, 0) is 49.4 Å². The molecule has 0 aliphatic carbocycles. The van der Waals surface area contributed by atoms with E-state index >= 15 is 0 Å². The number of hydrogen-bond donors (Lipinski definition) is 1. The zero-order valence-electron chi connectivity index (χ0n) is 10.8. The molecule has 2 nitrogen and oxygen atoms in total. The molecule has 2 N–H and O–H groups in total. The lowest BCUT2D eigenvalue weighted by molar-refractivity contribution is 0.267. The van der Waals surface area contributed by atoms with Crippen molar-refractivity contribution in [3.05, 3.63) is 28.8 Å². The topological polar surface area (TPSA) is 35.2 Å². The molecule has 1 rings (SSSR count). The van der Waals surface area contributed by atoms with Gasteiger partial charge in [0.15, 0.2) is 0 Å². The van der Waals surface area contributed by atoms with E-state index in [0.29, 0.717) is 12.5 Å². The Kier molecular flexibility index (Phi) is 4.81. The van der Waals surface area contributed by atoms with Crippen LogP contribution in [0.3, 0.4) is 0 Å². The zero-order chi connectivity index (χ0) is 12.1. The van der Waals surface area contributed by atoms with Crippen LogP contribution in [0.15, 0.2) is 12.1 Å². The summed E-state index contributed by atoms with van der Waals surface area (Å²) in [6, 6.07) is 4.35. The van der Waals surface area contributed by atoms with Crippen LogP contribution in [0, 0.1) is 19.8 Å². The molecule has 0 bridgehead atoms. The second kappa shape index (κ2) is 5.90. The minimum Gasteiger partial charge on any atom is -0.493 e. The molecule has 0 atom stereocenters. The fourth-order valence-corrected chi connectivity index (χ4v) is 1.83. The maximum absolute atomic E-state index is 5.83. The first kappa shape index (κ1) is 13.0. The molecule has 0 fully saturated rings. The number of ether oxygens (including phenoxy) is 1. The van der Waals surface area contributed by atoms with Crippen molar-refractivity contribution in [2.45, 2.75) is 34.1 Å². The lowest BCUT2D eigenvalue weighted by atomic mass is 10.0. The molecule has 0 aliphatic heterocycles. The highest BCUT2D eigenvalue weighted by Gasteiger charge is 2.07. The van der Waals surface area contributed by atoms with Crippen molar-refractivity contribution in [3.63, 3.8) is 0 Å². The van der Waals surface area contributed by atoms with E-state index in [4.69, 9.17) is 10.5 Å². The molecule has 0 radical (unpaired) electrons. The lowest BCUT2D eigenvalue weighted by Crippen LogP contribution is -2.08. The number of hydrogen-bond acceptors (Lipinski definition) is 2. The van der Waals surface area contributed by atoms with Gasteiger partial charge in [-0.25, -0.2) is 0 Å². The summed E-state index contributed by atoms with van der Waals surface area (Å²) in [5, 5.41) is 0. The highest BCUT2D eigenvalue weighted by Crippen LogP contribution is 2.25. The van der Waals surface area contributed by atoms with Gasteiger partial charge >= 0.3 is 0 Å². The summed E-state index contributed by atoms with van der Waals surface area (Å²) in [6.45, 7) is 10.00. The number of nitrogens with two attached hydrogens (primary N) is 1. The molecule has 16 heavy (non-hydrogen) atoms. The Bertz CT molecular complexity index is 322. The summed E-state index contributed by atoms with van der Waals surface area (Å²) >= 11 is 0. The van der Waals surface area contributed by atoms with Gasteiger partial charge in [0.1, 0.15) is 5.75 Å². The van der Waals surface area contributed by atoms with Crippen LogP contribution in [-0.2, 0) is 6.42 Å². The van der Waals surface area contributed by atoms with E-state index in [0.717, 1.165) is 18.8 Å². The molecule has 0 heterocycles. The van der Waals surface area contributed by atoms with Crippen LogP contribution >= 0.6 is 0 Å². The molecule has 0 amide bonds. The third kappa shape index (κ3) is 3.53. The van der Waals surface area contributed by atoms with Crippen LogP contribution < -0.4 is 10.5 Å². The summed E-state index contributed by atoms with van der Waals surface area (Å²) in [4.78, 5) is 0. The quantitative estimate of drug-likeness (QED) is 0.829. The van der Waals surface area contributed by atoms with Crippen molar-refractivity contribution in [2.24, 2.45) is 11.7 Å². The highest BCUT2D eigenvalue weighted by atomic mass is 16.5. The summed E-state index contributed by atoms with van der Waals surface area (Å²) in [5.74, 6) is 1.59. The third-order valence-electron chi connectivity index (χ3n) is 2.51. The molecule has 0 aliphatic rings. The van der Waals surface area contributed by atoms with Crippen LogP contribution in [0.2, 0.25) is 0 Å². The molecule has 2 heteroatoms. The number of benzene rings is 1. The highest BCUT2D eigenvalue weighted by molar-refractivity contribution is 5.43. The zero-order valence-corrected chi connectivity index (χ0v) is 10.8. The van der Waals surface area contributed by atoms with Gasteiger partial charge in [-0.3, -0.25) is 0 Å². The smallest absolute Gasteiger partial charge is 0.125 e. The van der Waals surface area contributed by atoms with Crippen molar-refractivity contribution >= 4 is 0 Å². The van der Waals surface area contributed by atoms with Crippen molar-refractivity contribution < 1.29 is 4.74 Å². The van der Waals surface area contributed by atoms with E-state index in [9.17, 15) is 0 Å². The van der Waals surface area contributed by atoms with Crippen LogP contribution in [0.1, 0.15) is 30.5 Å². The third-order valence-corrected chi connectivity index (χ3v) is 2.51. The first-order valence-corrected chi connectivity index (χ1v) is 5.97. The van der Waals surface area contributed by atoms with E-state index < -0.39 is 0 Å². The fraction of sp³-hybridized carbons (Fsp3) is 0.571. The Morgan fingerprint density at radius 1 is 1.19 bits per heavy atom. The predicted octanol–water partition coefficient (Wildman–Crippen LogP) is 2.84. The van der Waals surface area contributed by atoms with E-state index in [1.54, 1.807) is 0 Å². The summed E-state index contributed by atoms with van der Waals surface area (Å²) < 4.78 is 5.83. The first-order chi connectivity index (χ1) is 7.54. The van der Waals surface area contributed by atoms with Gasteiger partial charge in [-0.2, -0.15) is 0 Å². The normalized spacial score (nSPS) is 10.9. The van der Waals surface area contributed by atoms with Crippen molar-refractivity contribution in [1.82, 2.24) is 0 Å². The maximum atomic E-state index is 5.83. The van der Waals surface area contributed by atoms with Gasteiger partial charge in [-0.1, -0.05) is 26.0 Å². The summed E-state index contributed by atoms with van der Waals surface area (Å²) in [7, 11) is 0. The Labute approximate surface area is 98.8 Å². The van der Waals surface area contributed by atoms with E-state index in [1.165, 1.54) is 16.7 Å². The predicted molar refractivity (Wildman–Crippen MR) is 69.0 cm³/mol. The maximum Gasteiger partial charge on any atom is 0.125 e. The number of aryl methyl sites for hydroxylation is 2. The first-order valence-electron chi connectivity index (χ1n) is 5.97. The van der Waals surface area contributed by atoms with E-state index in [1.807, 2.05) is 0 Å². The van der Waals surface area contributed by atoms with Gasteiger partial charge in [0, 0.05) is 0 Å². The number of rotatable bonds is 5. The van der Waals surface area contributed by atoms with Gasteiger partial charge in [0.25, 0.3) is 0 Å². The summed E-state index contributed by atoms with van der Waals surface area (Å²) in [6.07, 6.45) is 0.937. The summed E-state index contributed by atoms with van der Waals surface area (Å²) in [5.41, 5.74) is 9.29. The van der Waals surface area contributed by atoms with E-state index in [2.05, 4.69) is 39.8 Å². The molecule has 0 saturated carbocycles. The van der Waals surface area contributed by atoms with Gasteiger partial charge < -0.3 is 10.5 Å². The Balaban J connectivity index is 2.85. The van der Waals surface area contributed by atoms with Gasteiger partial charge in [0.2, 0.25) is 0 Å². The Morgan fingerprint density at radius 2 is 1.75 bits per heavy atom. The largest absolute Gasteiger partial charge is 0.493 e. The molecule has 0 saturated heterocycles. The minimum atomic E-state index is 0.558. The average molecular weight is 221 g/mol.